The molecule has 0 saturated carbocycles. The standard InChI is InChI=1S/C19H17NO4/c1-2-11-23-16-7-3-13(4-8-16)19(22)20-15-6-9-17-14(12-15)5-10-18(21)24-17/h3-10,12H,2,11H2,1H3,(H,20,22). The van der Waals surface area contributed by atoms with Gasteiger partial charge in [-0.1, -0.05) is 6.92 Å². The van der Waals surface area contributed by atoms with E-state index in [-0.39, 0.29) is 5.91 Å². The molecule has 0 aliphatic rings. The summed E-state index contributed by atoms with van der Waals surface area (Å²) in [5, 5.41) is 3.57. The fraction of sp³-hybridized carbons (Fsp3) is 0.158. The molecule has 3 aromatic rings. The third kappa shape index (κ3) is 3.63. The molecule has 1 N–H and O–H groups in total. The molecule has 5 nitrogen and oxygen atoms in total. The lowest BCUT2D eigenvalue weighted by Gasteiger charge is -2.08. The van der Waals surface area contributed by atoms with Gasteiger partial charge in [0.15, 0.2) is 0 Å². The van der Waals surface area contributed by atoms with Crippen LogP contribution in [0.1, 0.15) is 23.7 Å². The average Bonchev–Trinajstić information content (AvgIpc) is 2.60. The van der Waals surface area contributed by atoms with Crippen molar-refractivity contribution >= 4 is 22.6 Å². The van der Waals surface area contributed by atoms with Gasteiger partial charge in [-0.15, -0.1) is 0 Å². The summed E-state index contributed by atoms with van der Waals surface area (Å²) in [5.74, 6) is 0.530. The zero-order valence-corrected chi connectivity index (χ0v) is 13.2. The Morgan fingerprint density at radius 2 is 1.88 bits per heavy atom. The van der Waals surface area contributed by atoms with Gasteiger partial charge in [0.25, 0.3) is 5.91 Å². The largest absolute Gasteiger partial charge is 0.494 e. The van der Waals surface area contributed by atoms with Gasteiger partial charge in [-0.3, -0.25) is 4.79 Å². The Morgan fingerprint density at radius 1 is 1.08 bits per heavy atom. The topological polar surface area (TPSA) is 68.5 Å². The fourth-order valence-electron chi connectivity index (χ4n) is 2.28. The van der Waals surface area contributed by atoms with Crippen molar-refractivity contribution in [1.29, 1.82) is 0 Å². The Morgan fingerprint density at radius 3 is 2.62 bits per heavy atom. The summed E-state index contributed by atoms with van der Waals surface area (Å²) in [6, 6.07) is 15.1. The van der Waals surface area contributed by atoms with Gasteiger partial charge in [0.2, 0.25) is 0 Å². The Labute approximate surface area is 138 Å². The molecule has 122 valence electrons. The average molecular weight is 323 g/mol. The maximum atomic E-state index is 12.3. The first-order valence-corrected chi connectivity index (χ1v) is 7.74. The second-order valence-electron chi connectivity index (χ2n) is 5.33. The minimum Gasteiger partial charge on any atom is -0.494 e. The van der Waals surface area contributed by atoms with E-state index in [4.69, 9.17) is 9.15 Å². The van der Waals surface area contributed by atoms with Gasteiger partial charge in [0.1, 0.15) is 11.3 Å². The predicted molar refractivity (Wildman–Crippen MR) is 92.7 cm³/mol. The van der Waals surface area contributed by atoms with E-state index in [0.29, 0.717) is 23.4 Å². The van der Waals surface area contributed by atoms with Gasteiger partial charge < -0.3 is 14.5 Å². The molecule has 1 aromatic heterocycles. The van der Waals surface area contributed by atoms with Gasteiger partial charge >= 0.3 is 5.63 Å². The van der Waals surface area contributed by atoms with E-state index in [1.165, 1.54) is 6.07 Å². The van der Waals surface area contributed by atoms with Crippen LogP contribution >= 0.6 is 0 Å². The Hall–Kier alpha value is -3.08. The van der Waals surface area contributed by atoms with E-state index in [9.17, 15) is 9.59 Å². The van der Waals surface area contributed by atoms with Crippen molar-refractivity contribution in [2.24, 2.45) is 0 Å². The monoisotopic (exact) mass is 323 g/mol. The fourth-order valence-corrected chi connectivity index (χ4v) is 2.28. The van der Waals surface area contributed by atoms with Crippen LogP contribution in [0.25, 0.3) is 11.0 Å². The van der Waals surface area contributed by atoms with Gasteiger partial charge in [-0.2, -0.15) is 0 Å². The highest BCUT2D eigenvalue weighted by atomic mass is 16.5. The number of ether oxygens (including phenoxy) is 1. The summed E-state index contributed by atoms with van der Waals surface area (Å²) in [5.41, 5.74) is 1.26. The van der Waals surface area contributed by atoms with E-state index >= 15 is 0 Å². The van der Waals surface area contributed by atoms with Crippen molar-refractivity contribution < 1.29 is 13.9 Å². The van der Waals surface area contributed by atoms with Crippen LogP contribution in [0.2, 0.25) is 0 Å². The lowest BCUT2D eigenvalue weighted by Crippen LogP contribution is -2.11. The molecular formula is C19H17NO4. The zero-order chi connectivity index (χ0) is 16.9. The number of nitrogens with one attached hydrogen (secondary N) is 1. The summed E-state index contributed by atoms with van der Waals surface area (Å²) in [6.45, 7) is 2.69. The molecule has 1 amide bonds. The molecule has 0 aliphatic heterocycles. The van der Waals surface area contributed by atoms with Crippen LogP contribution in [0.3, 0.4) is 0 Å². The smallest absolute Gasteiger partial charge is 0.336 e. The Balaban J connectivity index is 1.74. The first kappa shape index (κ1) is 15.8. The molecule has 24 heavy (non-hydrogen) atoms. The number of carbonyl (C=O) groups excluding carboxylic acids is 1. The molecule has 1 heterocycles. The summed E-state index contributed by atoms with van der Waals surface area (Å²) >= 11 is 0. The second kappa shape index (κ2) is 7.00. The van der Waals surface area contributed by atoms with Crippen molar-refractivity contribution in [2.75, 3.05) is 11.9 Å². The molecule has 5 heteroatoms. The number of benzene rings is 2. The van der Waals surface area contributed by atoms with Crippen molar-refractivity contribution in [3.05, 3.63) is 70.6 Å². The molecule has 0 unspecified atom stereocenters. The van der Waals surface area contributed by atoms with E-state index in [2.05, 4.69) is 5.32 Å². The minimum atomic E-state index is -0.398. The third-order valence-electron chi connectivity index (χ3n) is 3.47. The number of hydrogen-bond donors (Lipinski definition) is 1. The second-order valence-corrected chi connectivity index (χ2v) is 5.33. The first-order valence-electron chi connectivity index (χ1n) is 7.74. The summed E-state index contributed by atoms with van der Waals surface area (Å²) < 4.78 is 10.6. The van der Waals surface area contributed by atoms with E-state index in [0.717, 1.165) is 17.6 Å². The molecule has 0 saturated heterocycles. The van der Waals surface area contributed by atoms with E-state index in [1.54, 1.807) is 48.5 Å². The van der Waals surface area contributed by atoms with Gasteiger partial charge in [0.05, 0.1) is 6.61 Å². The molecule has 0 fully saturated rings. The number of amides is 1. The highest BCUT2D eigenvalue weighted by Crippen LogP contribution is 2.19. The van der Waals surface area contributed by atoms with Crippen LogP contribution in [0, 0.1) is 0 Å². The molecular weight excluding hydrogens is 306 g/mol. The zero-order valence-electron chi connectivity index (χ0n) is 13.2. The maximum absolute atomic E-state index is 12.3. The van der Waals surface area contributed by atoms with Gasteiger partial charge in [-0.25, -0.2) is 4.79 Å². The van der Waals surface area contributed by atoms with Crippen LogP contribution in [0.4, 0.5) is 5.69 Å². The highest BCUT2D eigenvalue weighted by Gasteiger charge is 2.07. The van der Waals surface area contributed by atoms with E-state index in [1.807, 2.05) is 6.92 Å². The number of carbonyl (C=O) groups is 1. The quantitative estimate of drug-likeness (QED) is 0.724. The highest BCUT2D eigenvalue weighted by molar-refractivity contribution is 6.05. The Kier molecular flexibility index (Phi) is 4.61. The lowest BCUT2D eigenvalue weighted by atomic mass is 10.2. The molecule has 0 spiro atoms. The first-order chi connectivity index (χ1) is 11.7. The van der Waals surface area contributed by atoms with Gasteiger partial charge in [0, 0.05) is 22.7 Å². The number of rotatable bonds is 5. The SMILES string of the molecule is CCCOc1ccc(C(=O)Nc2ccc3oc(=O)ccc3c2)cc1. The molecule has 3 rings (SSSR count). The van der Waals surface area contributed by atoms with Crippen LogP contribution in [0.5, 0.6) is 5.75 Å². The normalized spacial score (nSPS) is 10.5. The van der Waals surface area contributed by atoms with Crippen LogP contribution in [-0.2, 0) is 0 Å². The molecule has 0 aliphatic carbocycles. The maximum Gasteiger partial charge on any atom is 0.336 e. The van der Waals surface area contributed by atoms with Crippen LogP contribution in [-0.4, -0.2) is 12.5 Å². The van der Waals surface area contributed by atoms with Gasteiger partial charge in [-0.05, 0) is 55.0 Å². The van der Waals surface area contributed by atoms with E-state index < -0.39 is 5.63 Å². The molecule has 0 radical (unpaired) electrons. The van der Waals surface area contributed by atoms with Crippen LogP contribution in [0.15, 0.2) is 63.8 Å². The summed E-state index contributed by atoms with van der Waals surface area (Å²) in [7, 11) is 0. The lowest BCUT2D eigenvalue weighted by molar-refractivity contribution is 0.102. The number of anilines is 1. The number of hydrogen-bond acceptors (Lipinski definition) is 4. The molecule has 0 atom stereocenters. The minimum absolute atomic E-state index is 0.214. The predicted octanol–water partition coefficient (Wildman–Crippen LogP) is 3.83. The summed E-state index contributed by atoms with van der Waals surface area (Å²) in [4.78, 5) is 23.5. The van der Waals surface area contributed by atoms with Crippen LogP contribution < -0.4 is 15.7 Å². The third-order valence-corrected chi connectivity index (χ3v) is 3.47. The number of fused-ring (bicyclic) bond motifs is 1. The van der Waals surface area contributed by atoms with Crippen molar-refractivity contribution in [3.63, 3.8) is 0 Å². The van der Waals surface area contributed by atoms with Crippen molar-refractivity contribution in [3.8, 4) is 5.75 Å². The van der Waals surface area contributed by atoms with Crippen molar-refractivity contribution in [2.45, 2.75) is 13.3 Å². The molecule has 0 bridgehead atoms. The Bertz CT molecular complexity index is 913. The van der Waals surface area contributed by atoms with Crippen molar-refractivity contribution in [1.82, 2.24) is 0 Å². The molecule has 2 aromatic carbocycles. The summed E-state index contributed by atoms with van der Waals surface area (Å²) in [6.07, 6.45) is 0.935.